The molecule has 0 aliphatic heterocycles. The number of aliphatic hydroxyl groups is 1. The molecule has 2 aromatic rings. The van der Waals surface area contributed by atoms with Crippen molar-refractivity contribution >= 4 is 40.6 Å². The maximum atomic E-state index is 13.7. The minimum Gasteiger partial charge on any atom is -0.507 e. The molecule has 202 valence electrons. The van der Waals surface area contributed by atoms with Crippen LogP contribution in [0.4, 0.5) is 5.69 Å². The van der Waals surface area contributed by atoms with Gasteiger partial charge in [0.05, 0.1) is 11.5 Å². The van der Waals surface area contributed by atoms with Crippen LogP contribution in [-0.2, 0) is 35.1 Å². The molecule has 0 heterocycles. The second kappa shape index (κ2) is 9.51. The molecule has 0 spiro atoms. The maximum Gasteiger partial charge on any atom is 0.250 e. The average molecular weight is 535 g/mol. The van der Waals surface area contributed by atoms with E-state index in [4.69, 9.17) is 10.5 Å². The van der Waals surface area contributed by atoms with Crippen molar-refractivity contribution in [3.05, 3.63) is 47.5 Å². The first-order valence-corrected chi connectivity index (χ1v) is 12.4. The van der Waals surface area contributed by atoms with Gasteiger partial charge in [0.25, 0.3) is 0 Å². The zero-order valence-electron chi connectivity index (χ0n) is 20.9. The van der Waals surface area contributed by atoms with Crippen molar-refractivity contribution in [3.63, 3.8) is 0 Å². The molecular formula is C28H26N2O9. The number of aromatic hydroxyl groups is 1. The lowest BCUT2D eigenvalue weighted by atomic mass is 9.53. The van der Waals surface area contributed by atoms with Gasteiger partial charge in [-0.25, -0.2) is 0 Å². The summed E-state index contributed by atoms with van der Waals surface area (Å²) in [7, 11) is 1.41. The Kier molecular flexibility index (Phi) is 6.44. The number of carbonyl (C=O) groups excluding carboxylic acids is 6. The molecule has 11 nitrogen and oxygen atoms in total. The molecule has 11 heteroatoms. The quantitative estimate of drug-likeness (QED) is 0.397. The van der Waals surface area contributed by atoms with Crippen molar-refractivity contribution in [1.29, 1.82) is 0 Å². The first-order valence-electron chi connectivity index (χ1n) is 12.4. The number of rotatable bonds is 5. The van der Waals surface area contributed by atoms with E-state index in [2.05, 4.69) is 5.32 Å². The van der Waals surface area contributed by atoms with Gasteiger partial charge in [-0.1, -0.05) is 18.2 Å². The summed E-state index contributed by atoms with van der Waals surface area (Å²) in [6.07, 6.45) is -0.211. The van der Waals surface area contributed by atoms with E-state index in [9.17, 15) is 39.0 Å². The lowest BCUT2D eigenvalue weighted by molar-refractivity contribution is -0.175. The number of ether oxygens (including phenoxy) is 1. The molecule has 0 saturated heterocycles. The van der Waals surface area contributed by atoms with Crippen LogP contribution in [0, 0.1) is 23.7 Å². The van der Waals surface area contributed by atoms with E-state index in [0.717, 1.165) is 0 Å². The number of hydrogen-bond acceptors (Lipinski definition) is 9. The lowest BCUT2D eigenvalue weighted by Gasteiger charge is -2.48. The molecule has 5 N–H and O–H groups in total. The van der Waals surface area contributed by atoms with Gasteiger partial charge in [0.2, 0.25) is 11.8 Å². The van der Waals surface area contributed by atoms with E-state index in [-0.39, 0.29) is 36.7 Å². The number of phenols is 1. The molecule has 2 aromatic carbocycles. The topological polar surface area (TPSA) is 190 Å². The number of fused-ring (bicyclic) bond motifs is 3. The van der Waals surface area contributed by atoms with Crippen molar-refractivity contribution in [1.82, 2.24) is 0 Å². The van der Waals surface area contributed by atoms with Gasteiger partial charge in [0.15, 0.2) is 34.7 Å². The predicted molar refractivity (Wildman–Crippen MR) is 134 cm³/mol. The summed E-state index contributed by atoms with van der Waals surface area (Å²) in [6.45, 7) is -0.104. The second-order valence-electron chi connectivity index (χ2n) is 10.3. The van der Waals surface area contributed by atoms with Crippen LogP contribution in [0.25, 0.3) is 11.1 Å². The molecule has 0 bridgehead atoms. The molecule has 5 rings (SSSR count). The number of benzene rings is 2. The first-order chi connectivity index (χ1) is 18.5. The normalized spacial score (nSPS) is 27.8. The number of hydrogen-bond donors (Lipinski definition) is 4. The van der Waals surface area contributed by atoms with E-state index < -0.39 is 64.7 Å². The van der Waals surface area contributed by atoms with Crippen molar-refractivity contribution in [3.8, 4) is 16.9 Å². The SMILES string of the molecule is COCC(=O)Nc1ccc(-c2ccc(O)c3c2C[C@H]2C[C@H]4CC(=O)C(C(N)=O)C(=O)[C@@]4(O)C(=O)C2C3=O)cc1. The van der Waals surface area contributed by atoms with Crippen LogP contribution in [0.5, 0.6) is 5.75 Å². The Bertz CT molecular complexity index is 1450. The highest BCUT2D eigenvalue weighted by Gasteiger charge is 2.66. The summed E-state index contributed by atoms with van der Waals surface area (Å²) < 4.78 is 4.80. The van der Waals surface area contributed by atoms with Crippen molar-refractivity contribution in [2.75, 3.05) is 19.0 Å². The molecule has 2 fully saturated rings. The van der Waals surface area contributed by atoms with Gasteiger partial charge >= 0.3 is 0 Å². The zero-order valence-corrected chi connectivity index (χ0v) is 20.9. The molecule has 2 amide bonds. The Morgan fingerprint density at radius 2 is 1.74 bits per heavy atom. The fourth-order valence-electron chi connectivity index (χ4n) is 6.30. The van der Waals surface area contributed by atoms with Crippen LogP contribution in [0.2, 0.25) is 0 Å². The van der Waals surface area contributed by atoms with Gasteiger partial charge < -0.3 is 26.0 Å². The van der Waals surface area contributed by atoms with E-state index in [0.29, 0.717) is 22.4 Å². The number of anilines is 1. The fourth-order valence-corrected chi connectivity index (χ4v) is 6.30. The summed E-state index contributed by atoms with van der Waals surface area (Å²) in [5.41, 5.74) is 4.79. The van der Waals surface area contributed by atoms with Crippen LogP contribution < -0.4 is 11.1 Å². The molecule has 0 radical (unpaired) electrons. The molecule has 39 heavy (non-hydrogen) atoms. The third-order valence-corrected chi connectivity index (χ3v) is 8.04. The summed E-state index contributed by atoms with van der Waals surface area (Å²) in [5, 5.41) is 24.6. The summed E-state index contributed by atoms with van der Waals surface area (Å²) in [5.74, 6) is -10.9. The molecule has 5 atom stereocenters. The number of amides is 2. The first kappa shape index (κ1) is 26.4. The van der Waals surface area contributed by atoms with Crippen LogP contribution in [0.15, 0.2) is 36.4 Å². The number of methoxy groups -OCH3 is 1. The minimum atomic E-state index is -2.68. The Balaban J connectivity index is 1.52. The fraction of sp³-hybridized carbons (Fsp3) is 0.357. The van der Waals surface area contributed by atoms with Gasteiger partial charge in [-0.3, -0.25) is 28.8 Å². The van der Waals surface area contributed by atoms with Gasteiger partial charge in [0.1, 0.15) is 12.4 Å². The van der Waals surface area contributed by atoms with E-state index >= 15 is 0 Å². The smallest absolute Gasteiger partial charge is 0.250 e. The minimum absolute atomic E-state index is 0.0145. The van der Waals surface area contributed by atoms with Crippen molar-refractivity contribution in [2.24, 2.45) is 29.4 Å². The molecule has 2 unspecified atom stereocenters. The Morgan fingerprint density at radius 1 is 1.05 bits per heavy atom. The van der Waals surface area contributed by atoms with E-state index in [1.165, 1.54) is 13.2 Å². The molecule has 3 aliphatic carbocycles. The molecule has 3 aliphatic rings. The molecular weight excluding hydrogens is 508 g/mol. The van der Waals surface area contributed by atoms with Gasteiger partial charge in [-0.2, -0.15) is 0 Å². The number of Topliss-reactive ketones (excluding diaryl/α,β-unsaturated/α-hetero) is 4. The Morgan fingerprint density at radius 3 is 2.38 bits per heavy atom. The Labute approximate surface area is 222 Å². The molecule has 0 aromatic heterocycles. The maximum absolute atomic E-state index is 13.7. The van der Waals surface area contributed by atoms with Crippen LogP contribution in [0.3, 0.4) is 0 Å². The summed E-state index contributed by atoms with van der Waals surface area (Å²) >= 11 is 0. The number of nitrogens with one attached hydrogen (secondary N) is 1. The largest absolute Gasteiger partial charge is 0.507 e. The molecule has 2 saturated carbocycles. The van der Waals surface area contributed by atoms with Crippen LogP contribution in [-0.4, -0.2) is 64.5 Å². The van der Waals surface area contributed by atoms with Crippen molar-refractivity contribution in [2.45, 2.75) is 24.9 Å². The highest BCUT2D eigenvalue weighted by molar-refractivity contribution is 6.31. The highest BCUT2D eigenvalue weighted by Crippen LogP contribution is 2.51. The predicted octanol–water partition coefficient (Wildman–Crippen LogP) is 0.579. The summed E-state index contributed by atoms with van der Waals surface area (Å²) in [6, 6.07) is 9.80. The van der Waals surface area contributed by atoms with Gasteiger partial charge in [-0.05, 0) is 53.6 Å². The average Bonchev–Trinajstić information content (AvgIpc) is 2.87. The van der Waals surface area contributed by atoms with Gasteiger partial charge in [-0.15, -0.1) is 0 Å². The van der Waals surface area contributed by atoms with E-state index in [1.807, 2.05) is 0 Å². The zero-order chi connectivity index (χ0) is 28.2. The number of ketones is 4. The number of primary amides is 1. The lowest BCUT2D eigenvalue weighted by Crippen LogP contribution is -2.68. The monoisotopic (exact) mass is 534 g/mol. The van der Waals surface area contributed by atoms with Gasteiger partial charge in [0, 0.05) is 25.1 Å². The Hall–Kier alpha value is -4.22. The third kappa shape index (κ3) is 4.05. The van der Waals surface area contributed by atoms with E-state index in [1.54, 1.807) is 30.3 Å². The number of carbonyl (C=O) groups is 6. The summed E-state index contributed by atoms with van der Waals surface area (Å²) in [4.78, 5) is 76.4. The number of nitrogens with two attached hydrogens (primary N) is 1. The highest BCUT2D eigenvalue weighted by atomic mass is 16.5. The number of phenolic OH excluding ortho intramolecular Hbond substituents is 1. The van der Waals surface area contributed by atoms with Crippen LogP contribution >= 0.6 is 0 Å². The van der Waals surface area contributed by atoms with Crippen molar-refractivity contribution < 1.29 is 43.7 Å². The second-order valence-corrected chi connectivity index (χ2v) is 10.3. The van der Waals surface area contributed by atoms with Crippen LogP contribution in [0.1, 0.15) is 28.8 Å². The third-order valence-electron chi connectivity index (χ3n) is 8.04. The standard InChI is InChI=1S/C28H26N2O9/c1-39-11-20(33)30-15-4-2-12(3-5-15)16-6-7-18(31)22-17(16)9-13-8-14-10-19(32)23(27(29)37)26(36)28(14,38)25(35)21(13)24(22)34/h2-7,13-14,21,23,31,38H,8-11H2,1H3,(H2,29,37)(H,30,33)/t13-,14+,21?,23?,28+/m1/s1.